The quantitative estimate of drug-likeness (QED) is 0.941. The highest BCUT2D eigenvalue weighted by molar-refractivity contribution is 5.84. The third-order valence-electron chi connectivity index (χ3n) is 4.13. The fourth-order valence-electron chi connectivity index (χ4n) is 2.96. The van der Waals surface area contributed by atoms with Crippen LogP contribution in [0.5, 0.6) is 5.75 Å². The van der Waals surface area contributed by atoms with Crippen LogP contribution in [0.2, 0.25) is 0 Å². The Bertz CT molecular complexity index is 699. The highest BCUT2D eigenvalue weighted by Gasteiger charge is 2.27. The molecule has 0 aromatic heterocycles. The number of halogens is 1. The molecule has 0 fully saturated rings. The number of nitrogens with one attached hydrogen (secondary N) is 1. The van der Waals surface area contributed by atoms with E-state index in [2.05, 4.69) is 11.4 Å². The van der Waals surface area contributed by atoms with Gasteiger partial charge in [0.2, 0.25) is 5.91 Å². The maximum absolute atomic E-state index is 13.6. The van der Waals surface area contributed by atoms with Crippen molar-refractivity contribution in [2.75, 3.05) is 7.11 Å². The summed E-state index contributed by atoms with van der Waals surface area (Å²) >= 11 is 0. The van der Waals surface area contributed by atoms with Crippen molar-refractivity contribution in [3.63, 3.8) is 0 Å². The molecule has 0 saturated heterocycles. The second-order valence-electron chi connectivity index (χ2n) is 5.48. The second kappa shape index (κ2) is 6.18. The van der Waals surface area contributed by atoms with E-state index in [4.69, 9.17) is 4.74 Å². The van der Waals surface area contributed by atoms with Gasteiger partial charge in [-0.3, -0.25) is 4.79 Å². The highest BCUT2D eigenvalue weighted by Crippen LogP contribution is 2.32. The zero-order chi connectivity index (χ0) is 15.5. The zero-order valence-corrected chi connectivity index (χ0v) is 12.4. The van der Waals surface area contributed by atoms with Crippen LogP contribution < -0.4 is 10.1 Å². The van der Waals surface area contributed by atoms with E-state index >= 15 is 0 Å². The summed E-state index contributed by atoms with van der Waals surface area (Å²) in [5, 5.41) is 2.90. The molecule has 4 heteroatoms. The molecule has 0 heterocycles. The van der Waals surface area contributed by atoms with Gasteiger partial charge in [-0.1, -0.05) is 30.3 Å². The topological polar surface area (TPSA) is 38.3 Å². The lowest BCUT2D eigenvalue weighted by molar-refractivity contribution is -0.122. The molecule has 0 unspecified atom stereocenters. The smallest absolute Gasteiger partial charge is 0.227 e. The third-order valence-corrected chi connectivity index (χ3v) is 4.13. The Labute approximate surface area is 129 Å². The molecule has 22 heavy (non-hydrogen) atoms. The van der Waals surface area contributed by atoms with E-state index < -0.39 is 5.82 Å². The molecule has 1 aliphatic rings. The number of methoxy groups -OCH3 is 1. The van der Waals surface area contributed by atoms with E-state index in [1.807, 2.05) is 18.2 Å². The predicted molar refractivity (Wildman–Crippen MR) is 82.3 cm³/mol. The van der Waals surface area contributed by atoms with Crippen LogP contribution in [0.4, 0.5) is 4.39 Å². The highest BCUT2D eigenvalue weighted by atomic mass is 19.1. The number of hydrogen-bond acceptors (Lipinski definition) is 2. The van der Waals surface area contributed by atoms with Crippen molar-refractivity contribution >= 4 is 5.91 Å². The summed E-state index contributed by atoms with van der Waals surface area (Å²) in [7, 11) is 1.43. The number of hydrogen-bond donors (Lipinski definition) is 1. The number of rotatable bonds is 4. The molecular formula is C18H18FNO2. The molecule has 1 N–H and O–H groups in total. The number of benzene rings is 2. The number of carbonyl (C=O) groups excluding carboxylic acids is 1. The predicted octanol–water partition coefficient (Wildman–Crippen LogP) is 3.18. The largest absolute Gasteiger partial charge is 0.494 e. The SMILES string of the molecule is COc1ccc(CNC(=O)[C@H]2CCc3ccccc32)cc1F. The van der Waals surface area contributed by atoms with Crippen molar-refractivity contribution in [1.29, 1.82) is 0 Å². The van der Waals surface area contributed by atoms with E-state index in [0.717, 1.165) is 24.0 Å². The first-order chi connectivity index (χ1) is 10.7. The van der Waals surface area contributed by atoms with Gasteiger partial charge < -0.3 is 10.1 Å². The summed E-state index contributed by atoms with van der Waals surface area (Å²) in [6.07, 6.45) is 1.77. The molecule has 2 aromatic carbocycles. The van der Waals surface area contributed by atoms with Gasteiger partial charge in [0.25, 0.3) is 0 Å². The van der Waals surface area contributed by atoms with Gasteiger partial charge >= 0.3 is 0 Å². The van der Waals surface area contributed by atoms with Gasteiger partial charge in [0.1, 0.15) is 0 Å². The van der Waals surface area contributed by atoms with Gasteiger partial charge in [-0.25, -0.2) is 4.39 Å². The zero-order valence-electron chi connectivity index (χ0n) is 12.4. The molecule has 0 bridgehead atoms. The molecule has 0 spiro atoms. The molecule has 3 rings (SSSR count). The van der Waals surface area contributed by atoms with Crippen LogP contribution in [0, 0.1) is 5.82 Å². The standard InChI is InChI=1S/C18H18FNO2/c1-22-17-9-6-12(10-16(17)19)11-20-18(21)15-8-7-13-4-2-3-5-14(13)15/h2-6,9-10,15H,7-8,11H2,1H3,(H,20,21)/t15-/m0/s1. The molecule has 0 aliphatic heterocycles. The molecule has 0 radical (unpaired) electrons. The van der Waals surface area contributed by atoms with E-state index in [9.17, 15) is 9.18 Å². The molecule has 3 nitrogen and oxygen atoms in total. The summed E-state index contributed by atoms with van der Waals surface area (Å²) in [6, 6.07) is 12.8. The number of carbonyl (C=O) groups is 1. The minimum atomic E-state index is -0.416. The normalized spacial score (nSPS) is 16.2. The molecule has 0 saturated carbocycles. The third kappa shape index (κ3) is 2.82. The summed E-state index contributed by atoms with van der Waals surface area (Å²) in [5.41, 5.74) is 3.08. The summed E-state index contributed by atoms with van der Waals surface area (Å²) < 4.78 is 18.5. The Morgan fingerprint density at radius 2 is 2.14 bits per heavy atom. The van der Waals surface area contributed by atoms with Crippen LogP contribution >= 0.6 is 0 Å². The maximum atomic E-state index is 13.6. The summed E-state index contributed by atoms with van der Waals surface area (Å²) in [5.74, 6) is -0.305. The molecular weight excluding hydrogens is 281 g/mol. The molecule has 114 valence electrons. The molecule has 1 aliphatic carbocycles. The van der Waals surface area contributed by atoms with Gasteiger partial charge in [-0.15, -0.1) is 0 Å². The van der Waals surface area contributed by atoms with Crippen molar-refractivity contribution in [2.24, 2.45) is 0 Å². The fraction of sp³-hybridized carbons (Fsp3) is 0.278. The number of amides is 1. The van der Waals surface area contributed by atoms with Crippen LogP contribution in [-0.2, 0) is 17.8 Å². The maximum Gasteiger partial charge on any atom is 0.227 e. The van der Waals surface area contributed by atoms with E-state index in [0.29, 0.717) is 6.54 Å². The fourth-order valence-corrected chi connectivity index (χ4v) is 2.96. The Kier molecular flexibility index (Phi) is 4.09. The Morgan fingerprint density at radius 1 is 1.32 bits per heavy atom. The van der Waals surface area contributed by atoms with E-state index in [-0.39, 0.29) is 17.6 Å². The van der Waals surface area contributed by atoms with Crippen molar-refractivity contribution in [2.45, 2.75) is 25.3 Å². The first-order valence-electron chi connectivity index (χ1n) is 7.37. The number of fused-ring (bicyclic) bond motifs is 1. The van der Waals surface area contributed by atoms with Crippen molar-refractivity contribution in [3.05, 3.63) is 65.0 Å². The Balaban J connectivity index is 1.65. The van der Waals surface area contributed by atoms with E-state index in [1.165, 1.54) is 18.7 Å². The Morgan fingerprint density at radius 3 is 2.91 bits per heavy atom. The molecule has 2 aromatic rings. The first-order valence-corrected chi connectivity index (χ1v) is 7.37. The average Bonchev–Trinajstić information content (AvgIpc) is 2.97. The van der Waals surface area contributed by atoms with Gasteiger partial charge in [-0.05, 0) is 41.7 Å². The summed E-state index contributed by atoms with van der Waals surface area (Å²) in [6.45, 7) is 0.318. The monoisotopic (exact) mass is 299 g/mol. The van der Waals surface area contributed by atoms with Gasteiger partial charge in [0, 0.05) is 6.54 Å². The van der Waals surface area contributed by atoms with Crippen molar-refractivity contribution in [3.8, 4) is 5.75 Å². The van der Waals surface area contributed by atoms with Crippen molar-refractivity contribution in [1.82, 2.24) is 5.32 Å². The van der Waals surface area contributed by atoms with Crippen LogP contribution in [0.25, 0.3) is 0 Å². The van der Waals surface area contributed by atoms with Crippen LogP contribution in [0.1, 0.15) is 29.0 Å². The first kappa shape index (κ1) is 14.6. The van der Waals surface area contributed by atoms with Crippen molar-refractivity contribution < 1.29 is 13.9 Å². The minimum absolute atomic E-state index is 0.00109. The minimum Gasteiger partial charge on any atom is -0.494 e. The lowest BCUT2D eigenvalue weighted by Crippen LogP contribution is -2.27. The second-order valence-corrected chi connectivity index (χ2v) is 5.48. The number of aryl methyl sites for hydroxylation is 1. The summed E-state index contributed by atoms with van der Waals surface area (Å²) in [4.78, 5) is 12.4. The van der Waals surface area contributed by atoms with Crippen LogP contribution in [-0.4, -0.2) is 13.0 Å². The molecule has 1 atom stereocenters. The van der Waals surface area contributed by atoms with Crippen LogP contribution in [0.3, 0.4) is 0 Å². The lowest BCUT2D eigenvalue weighted by Gasteiger charge is -2.13. The molecule has 1 amide bonds. The Hall–Kier alpha value is -2.36. The average molecular weight is 299 g/mol. The van der Waals surface area contributed by atoms with Gasteiger partial charge in [0.15, 0.2) is 11.6 Å². The van der Waals surface area contributed by atoms with Crippen LogP contribution in [0.15, 0.2) is 42.5 Å². The van der Waals surface area contributed by atoms with Gasteiger partial charge in [-0.2, -0.15) is 0 Å². The number of ether oxygens (including phenoxy) is 1. The lowest BCUT2D eigenvalue weighted by atomic mass is 10.0. The van der Waals surface area contributed by atoms with Gasteiger partial charge in [0.05, 0.1) is 13.0 Å². The van der Waals surface area contributed by atoms with E-state index in [1.54, 1.807) is 12.1 Å².